The summed E-state index contributed by atoms with van der Waals surface area (Å²) in [4.78, 5) is 11.0. The zero-order valence-electron chi connectivity index (χ0n) is 14.5. The molecule has 0 amide bonds. The molecule has 0 radical (unpaired) electrons. The van der Waals surface area contributed by atoms with Gasteiger partial charge in [-0.25, -0.2) is 9.97 Å². The molecule has 2 aromatic rings. The molecule has 0 saturated carbocycles. The number of rotatable bonds is 4. The molecule has 1 fully saturated rings. The Bertz CT molecular complexity index is 677. The molecule has 2 heterocycles. The van der Waals surface area contributed by atoms with Crippen LogP contribution in [0.1, 0.15) is 20.8 Å². The average molecular weight is 327 g/mol. The first-order valence-electron chi connectivity index (χ1n) is 8.30. The maximum atomic E-state index is 5.45. The summed E-state index contributed by atoms with van der Waals surface area (Å²) in [6.07, 6.45) is 1.58. The average Bonchev–Trinajstić information content (AvgIpc) is 2.55. The minimum atomic E-state index is -0.0443. The summed E-state index contributed by atoms with van der Waals surface area (Å²) < 4.78 is 5.45. The SMILES string of the molecule is CC(C)(C)Nc1cc(Nc2ccccc2N2CCOCC2)ncn1. The first-order chi connectivity index (χ1) is 11.5. The van der Waals surface area contributed by atoms with E-state index in [0.717, 1.165) is 43.6 Å². The van der Waals surface area contributed by atoms with Crippen molar-refractivity contribution in [3.05, 3.63) is 36.7 Å². The molecule has 0 atom stereocenters. The lowest BCUT2D eigenvalue weighted by Gasteiger charge is -2.30. The monoisotopic (exact) mass is 327 g/mol. The fourth-order valence-corrected chi connectivity index (χ4v) is 2.68. The number of nitrogens with zero attached hydrogens (tertiary/aromatic N) is 3. The van der Waals surface area contributed by atoms with Gasteiger partial charge in [0.05, 0.1) is 24.6 Å². The molecule has 128 valence electrons. The van der Waals surface area contributed by atoms with Gasteiger partial charge in [0.2, 0.25) is 0 Å². The van der Waals surface area contributed by atoms with E-state index in [1.54, 1.807) is 6.33 Å². The highest BCUT2D eigenvalue weighted by Crippen LogP contribution is 2.29. The number of benzene rings is 1. The lowest BCUT2D eigenvalue weighted by Crippen LogP contribution is -2.36. The minimum absolute atomic E-state index is 0.0443. The Morgan fingerprint density at radius 1 is 1.04 bits per heavy atom. The van der Waals surface area contributed by atoms with Gasteiger partial charge in [-0.2, -0.15) is 0 Å². The van der Waals surface area contributed by atoms with Gasteiger partial charge in [-0.3, -0.25) is 0 Å². The molecular weight excluding hydrogens is 302 g/mol. The molecule has 6 heteroatoms. The van der Waals surface area contributed by atoms with Crippen molar-refractivity contribution < 1.29 is 4.74 Å². The van der Waals surface area contributed by atoms with Crippen molar-refractivity contribution in [3.63, 3.8) is 0 Å². The third-order valence-corrected chi connectivity index (χ3v) is 3.69. The Balaban J connectivity index is 1.80. The van der Waals surface area contributed by atoms with Crippen LogP contribution < -0.4 is 15.5 Å². The number of anilines is 4. The van der Waals surface area contributed by atoms with E-state index >= 15 is 0 Å². The molecule has 1 aromatic carbocycles. The third kappa shape index (κ3) is 4.35. The summed E-state index contributed by atoms with van der Waals surface area (Å²) in [6, 6.07) is 10.2. The number of aromatic nitrogens is 2. The zero-order valence-corrected chi connectivity index (χ0v) is 14.5. The lowest BCUT2D eigenvalue weighted by molar-refractivity contribution is 0.123. The molecule has 0 spiro atoms. The summed E-state index contributed by atoms with van der Waals surface area (Å²) in [6.45, 7) is 9.66. The van der Waals surface area contributed by atoms with Crippen LogP contribution in [0.4, 0.5) is 23.0 Å². The number of para-hydroxylation sites is 2. The van der Waals surface area contributed by atoms with Gasteiger partial charge in [-0.15, -0.1) is 0 Å². The van der Waals surface area contributed by atoms with Crippen LogP contribution in [0.3, 0.4) is 0 Å². The van der Waals surface area contributed by atoms with Crippen LogP contribution in [0.2, 0.25) is 0 Å². The van der Waals surface area contributed by atoms with Crippen molar-refractivity contribution in [1.29, 1.82) is 0 Å². The molecule has 3 rings (SSSR count). The molecule has 1 aliphatic rings. The second kappa shape index (κ2) is 7.05. The van der Waals surface area contributed by atoms with Gasteiger partial charge in [-0.05, 0) is 32.9 Å². The fourth-order valence-electron chi connectivity index (χ4n) is 2.68. The van der Waals surface area contributed by atoms with Crippen molar-refractivity contribution >= 4 is 23.0 Å². The maximum absolute atomic E-state index is 5.45. The summed E-state index contributed by atoms with van der Waals surface area (Å²) in [7, 11) is 0. The number of hydrogen-bond donors (Lipinski definition) is 2. The van der Waals surface area contributed by atoms with Crippen molar-refractivity contribution in [2.45, 2.75) is 26.3 Å². The predicted octanol–water partition coefficient (Wildman–Crippen LogP) is 3.27. The van der Waals surface area contributed by atoms with E-state index < -0.39 is 0 Å². The molecule has 24 heavy (non-hydrogen) atoms. The molecule has 0 bridgehead atoms. The Morgan fingerprint density at radius 3 is 2.50 bits per heavy atom. The maximum Gasteiger partial charge on any atom is 0.135 e. The molecule has 2 N–H and O–H groups in total. The predicted molar refractivity (Wildman–Crippen MR) is 98.2 cm³/mol. The van der Waals surface area contributed by atoms with E-state index in [2.05, 4.69) is 64.5 Å². The van der Waals surface area contributed by atoms with Crippen LogP contribution in [0, 0.1) is 0 Å². The molecule has 1 saturated heterocycles. The Morgan fingerprint density at radius 2 is 1.75 bits per heavy atom. The topological polar surface area (TPSA) is 62.3 Å². The van der Waals surface area contributed by atoms with Crippen LogP contribution in [0.15, 0.2) is 36.7 Å². The summed E-state index contributed by atoms with van der Waals surface area (Å²) >= 11 is 0. The van der Waals surface area contributed by atoms with Crippen LogP contribution in [-0.4, -0.2) is 41.8 Å². The van der Waals surface area contributed by atoms with Crippen LogP contribution in [-0.2, 0) is 4.74 Å². The van der Waals surface area contributed by atoms with Gasteiger partial charge in [0, 0.05) is 24.7 Å². The Kier molecular flexibility index (Phi) is 4.85. The van der Waals surface area contributed by atoms with Gasteiger partial charge < -0.3 is 20.3 Å². The van der Waals surface area contributed by atoms with Crippen molar-refractivity contribution in [2.24, 2.45) is 0 Å². The molecule has 1 aromatic heterocycles. The van der Waals surface area contributed by atoms with E-state index in [4.69, 9.17) is 4.74 Å². The molecule has 0 unspecified atom stereocenters. The highest BCUT2D eigenvalue weighted by molar-refractivity contribution is 5.74. The summed E-state index contributed by atoms with van der Waals surface area (Å²) in [5.41, 5.74) is 2.17. The highest BCUT2D eigenvalue weighted by atomic mass is 16.5. The van der Waals surface area contributed by atoms with E-state index in [1.807, 2.05) is 12.1 Å². The second-order valence-corrected chi connectivity index (χ2v) is 6.91. The fraction of sp³-hybridized carbons (Fsp3) is 0.444. The smallest absolute Gasteiger partial charge is 0.135 e. The highest BCUT2D eigenvalue weighted by Gasteiger charge is 2.15. The van der Waals surface area contributed by atoms with Crippen LogP contribution in [0.25, 0.3) is 0 Å². The van der Waals surface area contributed by atoms with E-state index in [1.165, 1.54) is 5.69 Å². The van der Waals surface area contributed by atoms with Gasteiger partial charge >= 0.3 is 0 Å². The standard InChI is InChI=1S/C18H25N5O/c1-18(2,3)22-17-12-16(19-13-20-17)21-14-6-4-5-7-15(14)23-8-10-24-11-9-23/h4-7,12-13H,8-11H2,1-3H3,(H2,19,20,21,22). The summed E-state index contributed by atoms with van der Waals surface area (Å²) in [5.74, 6) is 1.58. The van der Waals surface area contributed by atoms with Crippen LogP contribution >= 0.6 is 0 Å². The Labute approximate surface area is 143 Å². The number of nitrogens with one attached hydrogen (secondary N) is 2. The zero-order chi connectivity index (χ0) is 17.0. The van der Waals surface area contributed by atoms with Gasteiger partial charge in [0.15, 0.2) is 0 Å². The first kappa shape index (κ1) is 16.5. The second-order valence-electron chi connectivity index (χ2n) is 6.91. The van der Waals surface area contributed by atoms with Crippen molar-refractivity contribution in [3.8, 4) is 0 Å². The third-order valence-electron chi connectivity index (χ3n) is 3.69. The van der Waals surface area contributed by atoms with Gasteiger partial charge in [0.1, 0.15) is 18.0 Å². The molecule has 0 aliphatic carbocycles. The normalized spacial score (nSPS) is 15.2. The minimum Gasteiger partial charge on any atom is -0.378 e. The number of morpholine rings is 1. The van der Waals surface area contributed by atoms with E-state index in [0.29, 0.717) is 0 Å². The summed E-state index contributed by atoms with van der Waals surface area (Å²) in [5, 5.41) is 6.79. The quantitative estimate of drug-likeness (QED) is 0.899. The lowest BCUT2D eigenvalue weighted by atomic mass is 10.1. The van der Waals surface area contributed by atoms with Crippen molar-refractivity contribution in [1.82, 2.24) is 9.97 Å². The van der Waals surface area contributed by atoms with E-state index in [9.17, 15) is 0 Å². The number of hydrogen-bond acceptors (Lipinski definition) is 6. The molecule has 6 nitrogen and oxygen atoms in total. The van der Waals surface area contributed by atoms with E-state index in [-0.39, 0.29) is 5.54 Å². The Hall–Kier alpha value is -2.34. The largest absolute Gasteiger partial charge is 0.378 e. The molecule has 1 aliphatic heterocycles. The van der Waals surface area contributed by atoms with Gasteiger partial charge in [0.25, 0.3) is 0 Å². The first-order valence-corrected chi connectivity index (χ1v) is 8.30. The number of ether oxygens (including phenoxy) is 1. The van der Waals surface area contributed by atoms with Gasteiger partial charge in [-0.1, -0.05) is 12.1 Å². The molecular formula is C18H25N5O. The van der Waals surface area contributed by atoms with Crippen LogP contribution in [0.5, 0.6) is 0 Å². The van der Waals surface area contributed by atoms with Crippen molar-refractivity contribution in [2.75, 3.05) is 41.8 Å².